The second-order valence-electron chi connectivity index (χ2n) is 11.9. The third kappa shape index (κ3) is 6.61. The summed E-state index contributed by atoms with van der Waals surface area (Å²) in [7, 11) is 0. The average molecular weight is 586 g/mol. The van der Waals surface area contributed by atoms with Crippen molar-refractivity contribution < 1.29 is 29.0 Å². The van der Waals surface area contributed by atoms with Crippen molar-refractivity contribution in [3.05, 3.63) is 70.8 Å². The predicted octanol–water partition coefficient (Wildman–Crippen LogP) is 6.85. The van der Waals surface area contributed by atoms with E-state index >= 15 is 0 Å². The molecule has 0 unspecified atom stereocenters. The summed E-state index contributed by atoms with van der Waals surface area (Å²) in [6.07, 6.45) is 4.34. The van der Waals surface area contributed by atoms with Crippen LogP contribution in [0, 0.1) is 26.2 Å². The number of hydrogen-bond acceptors (Lipinski definition) is 5. The molecular formula is C34H39N3O6. The SMILES string of the molecule is Cc1cc(C)c(NC(=O)Nc2cc(-c3ccc4c(c3)OCCO4)ccc2C(=O)N[C@H](C(=O)O)C2(C)CCCCC2)c(C)c1. The standard InChI is InChI=1S/C34H39N3O6/c1-20-16-21(2)29(22(3)17-20)36-33(41)35-26-18-23(24-9-11-27-28(19-24)43-15-14-42-27)8-10-25(26)31(38)37-30(32(39)40)34(4)12-6-5-7-13-34/h8-11,16-19,30H,5-7,12-15H2,1-4H3,(H,37,38)(H,39,40)(H2,35,36,41)/t30-/m1/s1. The number of ether oxygens (including phenoxy) is 2. The third-order valence-corrected chi connectivity index (χ3v) is 8.52. The van der Waals surface area contributed by atoms with Crippen molar-refractivity contribution in [3.8, 4) is 22.6 Å². The van der Waals surface area contributed by atoms with Crippen molar-refractivity contribution in [1.29, 1.82) is 0 Å². The highest BCUT2D eigenvalue weighted by molar-refractivity contribution is 6.08. The molecule has 9 nitrogen and oxygen atoms in total. The molecule has 1 saturated carbocycles. The fourth-order valence-electron chi connectivity index (χ4n) is 6.28. The first kappa shape index (κ1) is 29.9. The number of rotatable bonds is 7. The second kappa shape index (κ2) is 12.4. The van der Waals surface area contributed by atoms with Gasteiger partial charge in [-0.15, -0.1) is 0 Å². The van der Waals surface area contributed by atoms with E-state index in [4.69, 9.17) is 9.47 Å². The highest BCUT2D eigenvalue weighted by Crippen LogP contribution is 2.40. The number of amides is 3. The molecule has 0 aromatic heterocycles. The van der Waals surface area contributed by atoms with E-state index in [0.29, 0.717) is 30.4 Å². The van der Waals surface area contributed by atoms with Crippen LogP contribution in [0.15, 0.2) is 48.5 Å². The molecule has 1 fully saturated rings. The topological polar surface area (TPSA) is 126 Å². The van der Waals surface area contributed by atoms with Gasteiger partial charge < -0.3 is 30.5 Å². The zero-order valence-electron chi connectivity index (χ0n) is 25.1. The first-order chi connectivity index (χ1) is 20.5. The summed E-state index contributed by atoms with van der Waals surface area (Å²) in [6, 6.07) is 13.1. The molecule has 0 radical (unpaired) electrons. The summed E-state index contributed by atoms with van der Waals surface area (Å²) in [5, 5.41) is 18.7. The molecule has 0 bridgehead atoms. The van der Waals surface area contributed by atoms with Crippen molar-refractivity contribution >= 4 is 29.3 Å². The zero-order chi connectivity index (χ0) is 30.7. The number of urea groups is 1. The summed E-state index contributed by atoms with van der Waals surface area (Å²) in [4.78, 5) is 39.4. The van der Waals surface area contributed by atoms with Gasteiger partial charge in [0, 0.05) is 5.69 Å². The smallest absolute Gasteiger partial charge is 0.326 e. The largest absolute Gasteiger partial charge is 0.486 e. The molecule has 1 aliphatic heterocycles. The Morgan fingerprint density at radius 1 is 0.814 bits per heavy atom. The van der Waals surface area contributed by atoms with Gasteiger partial charge >= 0.3 is 12.0 Å². The molecule has 3 amide bonds. The van der Waals surface area contributed by atoms with E-state index in [0.717, 1.165) is 59.9 Å². The molecule has 0 saturated heterocycles. The van der Waals surface area contributed by atoms with Crippen LogP contribution in [0.25, 0.3) is 11.1 Å². The van der Waals surface area contributed by atoms with E-state index in [1.165, 1.54) is 0 Å². The quantitative estimate of drug-likeness (QED) is 0.240. The molecule has 3 aromatic carbocycles. The number of benzene rings is 3. The molecule has 4 N–H and O–H groups in total. The molecule has 1 aliphatic carbocycles. The normalized spacial score (nSPS) is 16.1. The van der Waals surface area contributed by atoms with Gasteiger partial charge in [-0.1, -0.05) is 56.0 Å². The molecular weight excluding hydrogens is 546 g/mol. The maximum Gasteiger partial charge on any atom is 0.326 e. The van der Waals surface area contributed by atoms with Crippen molar-refractivity contribution in [2.24, 2.45) is 5.41 Å². The Bertz CT molecular complexity index is 1540. The molecule has 5 rings (SSSR count). The van der Waals surface area contributed by atoms with Crippen molar-refractivity contribution in [1.82, 2.24) is 5.32 Å². The summed E-state index contributed by atoms with van der Waals surface area (Å²) < 4.78 is 11.4. The lowest BCUT2D eigenvalue weighted by atomic mass is 9.70. The summed E-state index contributed by atoms with van der Waals surface area (Å²) in [5.41, 5.74) is 5.02. The van der Waals surface area contributed by atoms with E-state index in [-0.39, 0.29) is 11.3 Å². The fourth-order valence-corrected chi connectivity index (χ4v) is 6.28. The number of hydrogen-bond donors (Lipinski definition) is 4. The number of carboxylic acids is 1. The number of carbonyl (C=O) groups excluding carboxylic acids is 2. The Morgan fingerprint density at radius 2 is 1.44 bits per heavy atom. The maximum atomic E-state index is 13.7. The minimum Gasteiger partial charge on any atom is -0.486 e. The van der Waals surface area contributed by atoms with Crippen LogP contribution >= 0.6 is 0 Å². The molecule has 2 aliphatic rings. The van der Waals surface area contributed by atoms with Crippen LogP contribution < -0.4 is 25.4 Å². The molecule has 43 heavy (non-hydrogen) atoms. The van der Waals surface area contributed by atoms with Crippen LogP contribution in [-0.2, 0) is 4.79 Å². The minimum absolute atomic E-state index is 0.166. The van der Waals surface area contributed by atoms with Gasteiger partial charge in [0.25, 0.3) is 5.91 Å². The van der Waals surface area contributed by atoms with Gasteiger partial charge in [0.1, 0.15) is 19.3 Å². The lowest BCUT2D eigenvalue weighted by Crippen LogP contribution is -2.52. The zero-order valence-corrected chi connectivity index (χ0v) is 25.1. The molecule has 1 atom stereocenters. The van der Waals surface area contributed by atoms with Gasteiger partial charge in [-0.2, -0.15) is 0 Å². The van der Waals surface area contributed by atoms with Crippen LogP contribution in [0.1, 0.15) is 66.1 Å². The van der Waals surface area contributed by atoms with Crippen LogP contribution in [0.5, 0.6) is 11.5 Å². The van der Waals surface area contributed by atoms with E-state index in [1.807, 2.05) is 58.0 Å². The van der Waals surface area contributed by atoms with Crippen LogP contribution in [0.3, 0.4) is 0 Å². The summed E-state index contributed by atoms with van der Waals surface area (Å²) >= 11 is 0. The van der Waals surface area contributed by atoms with Gasteiger partial charge in [-0.3, -0.25) is 4.79 Å². The van der Waals surface area contributed by atoms with Gasteiger partial charge in [0.2, 0.25) is 0 Å². The molecule has 1 heterocycles. The first-order valence-corrected chi connectivity index (χ1v) is 14.8. The number of anilines is 2. The third-order valence-electron chi connectivity index (χ3n) is 8.52. The van der Waals surface area contributed by atoms with Crippen molar-refractivity contribution in [3.63, 3.8) is 0 Å². The number of nitrogens with one attached hydrogen (secondary N) is 3. The number of carboxylic acid groups (broad SMARTS) is 1. The van der Waals surface area contributed by atoms with E-state index < -0.39 is 29.4 Å². The highest BCUT2D eigenvalue weighted by atomic mass is 16.6. The number of carbonyl (C=O) groups is 3. The van der Waals surface area contributed by atoms with Crippen LogP contribution in [0.2, 0.25) is 0 Å². The minimum atomic E-state index is -1.07. The van der Waals surface area contributed by atoms with E-state index in [2.05, 4.69) is 16.0 Å². The van der Waals surface area contributed by atoms with Gasteiger partial charge in [-0.25, -0.2) is 9.59 Å². The lowest BCUT2D eigenvalue weighted by molar-refractivity contribution is -0.143. The first-order valence-electron chi connectivity index (χ1n) is 14.8. The van der Waals surface area contributed by atoms with Gasteiger partial charge in [-0.05, 0) is 85.5 Å². The molecule has 226 valence electrons. The Kier molecular flexibility index (Phi) is 8.62. The number of aryl methyl sites for hydroxylation is 3. The average Bonchev–Trinajstić information content (AvgIpc) is 2.97. The number of fused-ring (bicyclic) bond motifs is 1. The highest BCUT2D eigenvalue weighted by Gasteiger charge is 2.41. The van der Waals surface area contributed by atoms with Crippen LogP contribution in [-0.4, -0.2) is 42.3 Å². The van der Waals surface area contributed by atoms with E-state index in [1.54, 1.807) is 18.2 Å². The Labute approximate surface area is 252 Å². The second-order valence-corrected chi connectivity index (χ2v) is 11.9. The van der Waals surface area contributed by atoms with Gasteiger partial charge in [0.15, 0.2) is 11.5 Å². The lowest BCUT2D eigenvalue weighted by Gasteiger charge is -2.38. The van der Waals surface area contributed by atoms with E-state index in [9.17, 15) is 19.5 Å². The Hall–Kier alpha value is -4.53. The predicted molar refractivity (Wildman–Crippen MR) is 166 cm³/mol. The summed E-state index contributed by atoms with van der Waals surface area (Å²) in [6.45, 7) is 8.70. The maximum absolute atomic E-state index is 13.7. The molecule has 9 heteroatoms. The number of aliphatic carboxylic acids is 1. The Morgan fingerprint density at radius 3 is 2.12 bits per heavy atom. The van der Waals surface area contributed by atoms with Crippen molar-refractivity contribution in [2.75, 3.05) is 23.8 Å². The fraction of sp³-hybridized carbons (Fsp3) is 0.382. The summed E-state index contributed by atoms with van der Waals surface area (Å²) in [5.74, 6) is -0.356. The van der Waals surface area contributed by atoms with Crippen molar-refractivity contribution in [2.45, 2.75) is 65.8 Å². The molecule has 0 spiro atoms. The Balaban J connectivity index is 1.48. The molecule has 3 aromatic rings. The monoisotopic (exact) mass is 585 g/mol. The van der Waals surface area contributed by atoms with Gasteiger partial charge in [0.05, 0.1) is 11.3 Å². The van der Waals surface area contributed by atoms with Crippen LogP contribution in [0.4, 0.5) is 16.2 Å².